The summed E-state index contributed by atoms with van der Waals surface area (Å²) in [6.45, 7) is 4.32. The fraction of sp³-hybridized carbons (Fsp3) is 0.480. The number of ether oxygens (including phenoxy) is 1. The molecule has 0 saturated heterocycles. The van der Waals surface area contributed by atoms with E-state index < -0.39 is 23.4 Å². The smallest absolute Gasteiger partial charge is 0.388 e. The molecule has 0 spiro atoms. The monoisotopic (exact) mass is 460 g/mol. The number of pyridine rings is 1. The van der Waals surface area contributed by atoms with Crippen molar-refractivity contribution in [1.29, 1.82) is 0 Å². The third-order valence-electron chi connectivity index (χ3n) is 6.70. The fourth-order valence-electron chi connectivity index (χ4n) is 4.54. The molecule has 1 amide bonds. The molecular weight excluding hydrogens is 430 g/mol. The molecule has 0 bridgehead atoms. The normalized spacial score (nSPS) is 22.9. The lowest BCUT2D eigenvalue weighted by atomic mass is 9.60. The minimum atomic E-state index is -3.09. The molecule has 0 atom stereocenters. The predicted molar refractivity (Wildman–Crippen MR) is 121 cm³/mol. The molecule has 0 aliphatic heterocycles. The van der Waals surface area contributed by atoms with E-state index in [0.717, 1.165) is 11.1 Å². The van der Waals surface area contributed by atoms with Crippen molar-refractivity contribution in [2.24, 2.45) is 5.41 Å². The minimum absolute atomic E-state index is 0.0545. The van der Waals surface area contributed by atoms with Crippen LogP contribution in [0.5, 0.6) is 5.88 Å². The summed E-state index contributed by atoms with van der Waals surface area (Å²) >= 11 is 0. The summed E-state index contributed by atoms with van der Waals surface area (Å²) < 4.78 is 30.4. The third kappa shape index (κ3) is 4.99. The van der Waals surface area contributed by atoms with E-state index >= 15 is 0 Å². The number of halogens is 2. The molecule has 8 heteroatoms. The highest BCUT2D eigenvalue weighted by Crippen LogP contribution is 2.49. The first-order valence-corrected chi connectivity index (χ1v) is 11.1. The number of amides is 1. The highest BCUT2D eigenvalue weighted by Gasteiger charge is 2.50. The van der Waals surface area contributed by atoms with E-state index in [0.29, 0.717) is 31.4 Å². The second kappa shape index (κ2) is 9.45. The van der Waals surface area contributed by atoms with Gasteiger partial charge in [0.2, 0.25) is 11.8 Å². The van der Waals surface area contributed by atoms with Crippen LogP contribution in [0.3, 0.4) is 0 Å². The van der Waals surface area contributed by atoms with Gasteiger partial charge in [0.05, 0.1) is 10.8 Å². The Morgan fingerprint density at radius 1 is 1.09 bits per heavy atom. The lowest BCUT2D eigenvalue weighted by Crippen LogP contribution is -2.47. The second-order valence-electron chi connectivity index (χ2n) is 9.33. The summed E-state index contributed by atoms with van der Waals surface area (Å²) in [7, 11) is 0. The van der Waals surface area contributed by atoms with Gasteiger partial charge in [-0.15, -0.1) is 0 Å². The number of alkyl halides is 2. The van der Waals surface area contributed by atoms with E-state index in [2.05, 4.69) is 15.0 Å². The number of anilines is 1. The summed E-state index contributed by atoms with van der Waals surface area (Å²) in [5.41, 5.74) is 0.422. The highest BCUT2D eigenvalue weighted by atomic mass is 19.3. The van der Waals surface area contributed by atoms with Gasteiger partial charge >= 0.3 is 12.6 Å². The Kier molecular flexibility index (Phi) is 7.05. The molecule has 2 N–H and O–H groups in total. The van der Waals surface area contributed by atoms with Crippen LogP contribution in [0.4, 0.5) is 14.5 Å². The molecule has 33 heavy (non-hydrogen) atoms. The van der Waals surface area contributed by atoms with Gasteiger partial charge in [0.25, 0.3) is 0 Å². The van der Waals surface area contributed by atoms with Crippen LogP contribution in [0.2, 0.25) is 0 Å². The van der Waals surface area contributed by atoms with Crippen LogP contribution >= 0.6 is 0 Å². The number of rotatable bonds is 7. The molecule has 0 radical (unpaired) electrons. The molecule has 1 aliphatic rings. The number of aromatic nitrogens is 1. The van der Waals surface area contributed by atoms with Crippen molar-refractivity contribution in [3.05, 3.63) is 53.2 Å². The fourth-order valence-corrected chi connectivity index (χ4v) is 4.54. The van der Waals surface area contributed by atoms with Crippen LogP contribution in [0.1, 0.15) is 69.2 Å². The Balaban J connectivity index is 2.05. The van der Waals surface area contributed by atoms with Crippen LogP contribution in [0.15, 0.2) is 36.4 Å². The van der Waals surface area contributed by atoms with Gasteiger partial charge in [0, 0.05) is 5.69 Å². The number of aryl methyl sites for hydroxylation is 1. The van der Waals surface area contributed by atoms with E-state index in [9.17, 15) is 23.5 Å². The molecule has 6 nitrogen and oxygen atoms in total. The van der Waals surface area contributed by atoms with Crippen LogP contribution in [0, 0.1) is 12.3 Å². The van der Waals surface area contributed by atoms with Gasteiger partial charge in [0.15, 0.2) is 0 Å². The molecule has 0 unspecified atom stereocenters. The quantitative estimate of drug-likeness (QED) is 0.557. The molecule has 1 heterocycles. The van der Waals surface area contributed by atoms with Crippen molar-refractivity contribution < 1.29 is 28.2 Å². The summed E-state index contributed by atoms with van der Waals surface area (Å²) in [5.74, 6) is -1.48. The van der Waals surface area contributed by atoms with E-state index in [4.69, 9.17) is 0 Å². The summed E-state index contributed by atoms with van der Waals surface area (Å²) in [6.07, 6.45) is 1.26. The average molecular weight is 461 g/mol. The second-order valence-corrected chi connectivity index (χ2v) is 9.33. The van der Waals surface area contributed by atoms with Crippen LogP contribution in [0.25, 0.3) is 0 Å². The number of benzene rings is 1. The Hall–Kier alpha value is -3.03. The van der Waals surface area contributed by atoms with Crippen LogP contribution in [-0.2, 0) is 15.0 Å². The molecule has 1 saturated carbocycles. The number of aliphatic carboxylic acids is 1. The van der Waals surface area contributed by atoms with Gasteiger partial charge in [0.1, 0.15) is 5.69 Å². The Labute approximate surface area is 192 Å². The van der Waals surface area contributed by atoms with Crippen molar-refractivity contribution >= 4 is 17.6 Å². The van der Waals surface area contributed by atoms with E-state index in [1.807, 2.05) is 38.1 Å². The summed E-state index contributed by atoms with van der Waals surface area (Å²) in [4.78, 5) is 29.7. The number of carbonyl (C=O) groups is 2. The van der Waals surface area contributed by atoms with Crippen LogP contribution < -0.4 is 10.1 Å². The van der Waals surface area contributed by atoms with E-state index in [1.165, 1.54) is 6.07 Å². The lowest BCUT2D eigenvalue weighted by Gasteiger charge is -2.43. The molecule has 1 fully saturated rings. The number of hydrogen-bond donors (Lipinski definition) is 2. The largest absolute Gasteiger partial charge is 0.481 e. The lowest BCUT2D eigenvalue weighted by molar-refractivity contribution is -0.151. The highest BCUT2D eigenvalue weighted by molar-refractivity contribution is 6.00. The SMILES string of the molecule is Cc1ccc(NC(=O)C2(c3ccccc3C(C)C)CCC(C)(C(=O)O)CC2)c(OC(F)F)n1. The summed E-state index contributed by atoms with van der Waals surface area (Å²) in [6, 6.07) is 10.7. The zero-order valence-electron chi connectivity index (χ0n) is 19.3. The molecular formula is C25H30F2N2O4. The maximum atomic E-state index is 13.8. The van der Waals surface area contributed by atoms with Gasteiger partial charge in [-0.25, -0.2) is 4.98 Å². The van der Waals surface area contributed by atoms with E-state index in [1.54, 1.807) is 19.9 Å². The molecule has 1 aromatic heterocycles. The number of nitrogens with one attached hydrogen (secondary N) is 1. The number of carboxylic acids is 1. The van der Waals surface area contributed by atoms with Crippen molar-refractivity contribution in [3.8, 4) is 5.88 Å². The zero-order chi connectivity index (χ0) is 24.4. The van der Waals surface area contributed by atoms with E-state index in [-0.39, 0.29) is 23.4 Å². The summed E-state index contributed by atoms with van der Waals surface area (Å²) in [5, 5.41) is 12.5. The van der Waals surface area contributed by atoms with Crippen molar-refractivity contribution in [3.63, 3.8) is 0 Å². The average Bonchev–Trinajstić information content (AvgIpc) is 2.75. The van der Waals surface area contributed by atoms with Gasteiger partial charge in [-0.05, 0) is 68.7 Å². The van der Waals surface area contributed by atoms with Crippen molar-refractivity contribution in [1.82, 2.24) is 4.98 Å². The Bertz CT molecular complexity index is 1030. The molecule has 3 rings (SSSR count). The topological polar surface area (TPSA) is 88.5 Å². The number of nitrogens with zero attached hydrogens (tertiary/aromatic N) is 1. The van der Waals surface area contributed by atoms with Crippen molar-refractivity contribution in [2.45, 2.75) is 71.3 Å². The maximum Gasteiger partial charge on any atom is 0.388 e. The first-order valence-electron chi connectivity index (χ1n) is 11.1. The minimum Gasteiger partial charge on any atom is -0.481 e. The third-order valence-corrected chi connectivity index (χ3v) is 6.70. The van der Waals surface area contributed by atoms with Gasteiger partial charge < -0.3 is 15.2 Å². The number of carbonyl (C=O) groups excluding carboxylic acids is 1. The first-order chi connectivity index (χ1) is 15.5. The van der Waals surface area contributed by atoms with Crippen molar-refractivity contribution in [2.75, 3.05) is 5.32 Å². The molecule has 1 aliphatic carbocycles. The van der Waals surface area contributed by atoms with Gasteiger partial charge in [-0.3, -0.25) is 9.59 Å². The van der Waals surface area contributed by atoms with Gasteiger partial charge in [-0.1, -0.05) is 38.1 Å². The molecule has 178 valence electrons. The molecule has 2 aromatic rings. The maximum absolute atomic E-state index is 13.8. The molecule has 1 aromatic carbocycles. The first kappa shape index (κ1) is 24.6. The standard InChI is InChI=1S/C25H30F2N2O4/c1-15(2)17-7-5-6-8-18(17)25(13-11-24(4,12-14-25)22(31)32)21(30)29-19-10-9-16(3)28-20(19)33-23(26)27/h5-10,15,23H,11-14H2,1-4H3,(H,29,30)(H,31,32). The number of carboxylic acid groups (broad SMARTS) is 1. The van der Waals surface area contributed by atoms with Gasteiger partial charge in [-0.2, -0.15) is 8.78 Å². The zero-order valence-corrected chi connectivity index (χ0v) is 19.3. The predicted octanol–water partition coefficient (Wildman–Crippen LogP) is 5.66. The Morgan fingerprint density at radius 2 is 1.73 bits per heavy atom. The number of hydrogen-bond acceptors (Lipinski definition) is 4. The Morgan fingerprint density at radius 3 is 2.30 bits per heavy atom. The van der Waals surface area contributed by atoms with Crippen LogP contribution in [-0.4, -0.2) is 28.6 Å².